The molecule has 0 unspecified atom stereocenters. The number of fused-ring (bicyclic) bond motifs is 7. The minimum Gasteiger partial charge on any atom is -0.309 e. The molecule has 0 amide bonds. The van der Waals surface area contributed by atoms with Crippen LogP contribution in [0, 0.1) is 0 Å². The van der Waals surface area contributed by atoms with E-state index in [0.717, 1.165) is 106 Å². The fourth-order valence-electron chi connectivity index (χ4n) is 8.99. The first kappa shape index (κ1) is 36.3. The van der Waals surface area contributed by atoms with E-state index in [2.05, 4.69) is 160 Å². The van der Waals surface area contributed by atoms with Crippen molar-refractivity contribution >= 4 is 43.5 Å². The first-order valence-electron chi connectivity index (χ1n) is 21.1. The molecule has 0 radical (unpaired) electrons. The summed E-state index contributed by atoms with van der Waals surface area (Å²) >= 11 is 0. The minimum atomic E-state index is 0.813. The zero-order valence-electron chi connectivity index (χ0n) is 34.0. The number of rotatable bonds is 7. The fourth-order valence-corrected chi connectivity index (χ4v) is 8.99. The van der Waals surface area contributed by atoms with Crippen molar-refractivity contribution in [3.63, 3.8) is 0 Å². The summed E-state index contributed by atoms with van der Waals surface area (Å²) in [5, 5.41) is 5.74. The van der Waals surface area contributed by atoms with Gasteiger partial charge in [0.15, 0.2) is 0 Å². The molecule has 0 saturated carbocycles. The Morgan fingerprint density at radius 3 is 1.56 bits per heavy atom. The summed E-state index contributed by atoms with van der Waals surface area (Å²) in [6.07, 6.45) is 3.60. The Morgan fingerprint density at radius 2 is 0.889 bits per heavy atom. The summed E-state index contributed by atoms with van der Waals surface area (Å²) in [7, 11) is 0. The molecule has 0 aliphatic carbocycles. The van der Waals surface area contributed by atoms with E-state index in [9.17, 15) is 0 Å². The second kappa shape index (κ2) is 15.1. The van der Waals surface area contributed by atoms with E-state index >= 15 is 0 Å². The predicted octanol–water partition coefficient (Wildman–Crippen LogP) is 14.1. The lowest BCUT2D eigenvalue weighted by atomic mass is 9.92. The summed E-state index contributed by atoms with van der Waals surface area (Å²) in [4.78, 5) is 25.0. The molecule has 0 fully saturated rings. The normalized spacial score (nSPS) is 11.5. The second-order valence-electron chi connectivity index (χ2n) is 15.7. The third-order valence-corrected chi connectivity index (χ3v) is 11.9. The maximum Gasteiger partial charge on any atom is 0.0893 e. The van der Waals surface area contributed by atoms with Crippen LogP contribution in [0.15, 0.2) is 219 Å². The Balaban J connectivity index is 1.10. The van der Waals surface area contributed by atoms with E-state index in [1.165, 1.54) is 10.8 Å². The molecule has 6 heterocycles. The lowest BCUT2D eigenvalue weighted by molar-refractivity contribution is 1.18. The zero-order valence-corrected chi connectivity index (χ0v) is 34.0. The van der Waals surface area contributed by atoms with E-state index in [1.54, 1.807) is 12.4 Å². The topological polar surface area (TPSA) is 69.4 Å². The van der Waals surface area contributed by atoms with Crippen molar-refractivity contribution in [3.05, 3.63) is 219 Å². The molecule has 0 spiro atoms. The summed E-state index contributed by atoms with van der Waals surface area (Å²) in [6, 6.07) is 71.8. The first-order chi connectivity index (χ1) is 31.2. The van der Waals surface area contributed by atoms with Crippen molar-refractivity contribution in [2.45, 2.75) is 0 Å². The highest BCUT2D eigenvalue weighted by atomic mass is 15.0. The Morgan fingerprint density at radius 1 is 0.302 bits per heavy atom. The van der Waals surface area contributed by atoms with Gasteiger partial charge in [0.25, 0.3) is 0 Å². The molecule has 294 valence electrons. The third kappa shape index (κ3) is 6.40. The van der Waals surface area contributed by atoms with Crippen molar-refractivity contribution in [2.75, 3.05) is 0 Å². The minimum absolute atomic E-state index is 0.813. The van der Waals surface area contributed by atoms with Crippen LogP contribution in [0.2, 0.25) is 0 Å². The van der Waals surface area contributed by atoms with Gasteiger partial charge in [0.2, 0.25) is 0 Å². The van der Waals surface area contributed by atoms with Crippen molar-refractivity contribution < 1.29 is 0 Å². The highest BCUT2D eigenvalue weighted by molar-refractivity contribution is 6.28. The number of benzene rings is 6. The number of aromatic nitrogens is 6. The van der Waals surface area contributed by atoms with Crippen molar-refractivity contribution in [2.24, 2.45) is 0 Å². The molecule has 0 aliphatic rings. The second-order valence-corrected chi connectivity index (χ2v) is 15.7. The molecule has 6 aromatic carbocycles. The van der Waals surface area contributed by atoms with E-state index in [-0.39, 0.29) is 0 Å². The molecular weight excluding hydrogens is 769 g/mol. The average molecular weight is 805 g/mol. The van der Waals surface area contributed by atoms with Crippen LogP contribution >= 0.6 is 0 Å². The van der Waals surface area contributed by atoms with Gasteiger partial charge in [-0.1, -0.05) is 103 Å². The molecule has 6 nitrogen and oxygen atoms in total. The van der Waals surface area contributed by atoms with E-state index in [4.69, 9.17) is 15.0 Å². The number of para-hydroxylation sites is 2. The van der Waals surface area contributed by atoms with Crippen LogP contribution in [0.5, 0.6) is 0 Å². The molecule has 6 heteroatoms. The van der Waals surface area contributed by atoms with Crippen molar-refractivity contribution in [1.29, 1.82) is 0 Å². The van der Waals surface area contributed by atoms with Gasteiger partial charge in [-0.05, 0) is 120 Å². The van der Waals surface area contributed by atoms with Crippen molar-refractivity contribution in [1.82, 2.24) is 29.5 Å². The summed E-state index contributed by atoms with van der Waals surface area (Å²) in [6.45, 7) is 0. The van der Waals surface area contributed by atoms with Gasteiger partial charge in [0, 0.05) is 56.3 Å². The average Bonchev–Trinajstić information content (AvgIpc) is 3.71. The Bertz CT molecular complexity index is 3560. The maximum absolute atomic E-state index is 5.51. The summed E-state index contributed by atoms with van der Waals surface area (Å²) in [5.41, 5.74) is 15.4. The molecule has 6 aromatic heterocycles. The van der Waals surface area contributed by atoms with E-state index in [1.807, 2.05) is 60.7 Å². The number of pyridine rings is 5. The smallest absolute Gasteiger partial charge is 0.0893 e. The van der Waals surface area contributed by atoms with Crippen LogP contribution in [0.4, 0.5) is 0 Å². The highest BCUT2D eigenvalue weighted by Crippen LogP contribution is 2.44. The van der Waals surface area contributed by atoms with Gasteiger partial charge in [-0.15, -0.1) is 0 Å². The maximum atomic E-state index is 5.51. The van der Waals surface area contributed by atoms with Crippen LogP contribution < -0.4 is 0 Å². The molecule has 0 bridgehead atoms. The first-order valence-corrected chi connectivity index (χ1v) is 21.1. The van der Waals surface area contributed by atoms with Gasteiger partial charge in [-0.2, -0.15) is 0 Å². The lowest BCUT2D eigenvalue weighted by Gasteiger charge is -2.15. The lowest BCUT2D eigenvalue weighted by Crippen LogP contribution is -1.95. The fraction of sp³-hybridized carbons (Fsp3) is 0. The molecule has 0 saturated heterocycles. The van der Waals surface area contributed by atoms with Gasteiger partial charge in [0.1, 0.15) is 0 Å². The Labute approximate surface area is 363 Å². The molecule has 12 aromatic rings. The zero-order chi connectivity index (χ0) is 41.7. The molecule has 0 aliphatic heterocycles. The Hall–Kier alpha value is -8.61. The van der Waals surface area contributed by atoms with Gasteiger partial charge >= 0.3 is 0 Å². The van der Waals surface area contributed by atoms with Gasteiger partial charge in [-0.25, -0.2) is 15.0 Å². The molecule has 12 rings (SSSR count). The van der Waals surface area contributed by atoms with Crippen LogP contribution in [0.25, 0.3) is 117 Å². The number of hydrogen-bond donors (Lipinski definition) is 0. The standard InChI is InChI=1S/C57H36N6/c1-3-15-37(16-4-1)57-56-43(28-30-54-55(56)44-19-7-8-26-53(44)63(54)42-17-5-2-6-18-42)45-36-38(27-29-48(45)62-57)39-33-40(46-22-13-24-51(60-46)49-20-9-11-31-58-49)35-41(34-39)47-23-14-25-52(61-47)50-21-10-12-32-59-50/h1-36H. The monoisotopic (exact) mass is 804 g/mol. The van der Waals surface area contributed by atoms with Gasteiger partial charge in [0.05, 0.1) is 56.4 Å². The van der Waals surface area contributed by atoms with Gasteiger partial charge < -0.3 is 4.57 Å². The molecule has 63 heavy (non-hydrogen) atoms. The molecular formula is C57H36N6. The van der Waals surface area contributed by atoms with Crippen molar-refractivity contribution in [3.8, 4) is 73.4 Å². The van der Waals surface area contributed by atoms with Crippen LogP contribution in [0.3, 0.4) is 0 Å². The molecule has 0 atom stereocenters. The third-order valence-electron chi connectivity index (χ3n) is 11.9. The van der Waals surface area contributed by atoms with Gasteiger partial charge in [-0.3, -0.25) is 9.97 Å². The number of nitrogens with zero attached hydrogens (tertiary/aromatic N) is 6. The van der Waals surface area contributed by atoms with Crippen LogP contribution in [-0.4, -0.2) is 29.5 Å². The summed E-state index contributed by atoms with van der Waals surface area (Å²) < 4.78 is 2.38. The predicted molar refractivity (Wildman–Crippen MR) is 257 cm³/mol. The SMILES string of the molecule is c1ccc(-c2nc3ccc(-c4cc(-c5cccc(-c6ccccn6)n5)cc(-c5cccc(-c6ccccn6)n5)c4)cc3c3ccc4c(c5ccccc5n4-c4ccccc4)c23)cc1. The van der Waals surface area contributed by atoms with Crippen LogP contribution in [0.1, 0.15) is 0 Å². The van der Waals surface area contributed by atoms with E-state index in [0.29, 0.717) is 0 Å². The summed E-state index contributed by atoms with van der Waals surface area (Å²) in [5.74, 6) is 0. The Kier molecular flexibility index (Phi) is 8.71. The quantitative estimate of drug-likeness (QED) is 0.150. The molecule has 0 N–H and O–H groups in total. The van der Waals surface area contributed by atoms with E-state index < -0.39 is 0 Å². The highest BCUT2D eigenvalue weighted by Gasteiger charge is 2.21. The number of hydrogen-bond acceptors (Lipinski definition) is 5. The van der Waals surface area contributed by atoms with Crippen LogP contribution in [-0.2, 0) is 0 Å². The largest absolute Gasteiger partial charge is 0.309 e.